The van der Waals surface area contributed by atoms with E-state index in [4.69, 9.17) is 9.47 Å². The molecule has 0 fully saturated rings. The summed E-state index contributed by atoms with van der Waals surface area (Å²) in [6.45, 7) is 6.00. The summed E-state index contributed by atoms with van der Waals surface area (Å²) in [6, 6.07) is 11.0. The van der Waals surface area contributed by atoms with Gasteiger partial charge in [0.25, 0.3) is 0 Å². The summed E-state index contributed by atoms with van der Waals surface area (Å²) >= 11 is 0. The summed E-state index contributed by atoms with van der Waals surface area (Å²) in [5.74, 6) is 1.36. The third-order valence-corrected chi connectivity index (χ3v) is 5.77. The van der Waals surface area contributed by atoms with Gasteiger partial charge in [-0.15, -0.1) is 0 Å². The summed E-state index contributed by atoms with van der Waals surface area (Å²) in [6.07, 6.45) is 1.49. The second-order valence-electron chi connectivity index (χ2n) is 7.85. The van der Waals surface area contributed by atoms with Crippen molar-refractivity contribution in [3.63, 3.8) is 0 Å². The molecule has 0 unspecified atom stereocenters. The molecular formula is C23H27N5O3. The first-order valence-electron chi connectivity index (χ1n) is 10.2. The lowest BCUT2D eigenvalue weighted by Gasteiger charge is -2.37. The molecule has 1 aliphatic rings. The molecule has 162 valence electrons. The van der Waals surface area contributed by atoms with Crippen LogP contribution in [0.5, 0.6) is 11.5 Å². The van der Waals surface area contributed by atoms with E-state index >= 15 is 0 Å². The van der Waals surface area contributed by atoms with E-state index in [0.29, 0.717) is 17.4 Å². The number of methoxy groups -OCH3 is 2. The minimum atomic E-state index is -0.461. The summed E-state index contributed by atoms with van der Waals surface area (Å²) in [7, 11) is 3.21. The maximum atomic E-state index is 13.6. The van der Waals surface area contributed by atoms with Crippen molar-refractivity contribution in [2.75, 3.05) is 24.9 Å². The fraction of sp³-hybridized carbons (Fsp3) is 0.348. The molecular weight excluding hydrogens is 394 g/mol. The molecule has 0 aliphatic carbocycles. The number of rotatable bonds is 5. The van der Waals surface area contributed by atoms with E-state index < -0.39 is 12.0 Å². The number of fused-ring (bicyclic) bond motifs is 1. The Morgan fingerprint density at radius 2 is 1.94 bits per heavy atom. The van der Waals surface area contributed by atoms with Gasteiger partial charge in [-0.1, -0.05) is 17.7 Å². The fourth-order valence-electron chi connectivity index (χ4n) is 4.20. The normalized spacial score (nSPS) is 19.8. The first-order chi connectivity index (χ1) is 14.9. The highest BCUT2D eigenvalue weighted by molar-refractivity contribution is 5.95. The van der Waals surface area contributed by atoms with Crippen molar-refractivity contribution in [2.45, 2.75) is 32.9 Å². The molecule has 4 rings (SSSR count). The zero-order valence-corrected chi connectivity index (χ0v) is 18.3. The molecule has 0 radical (unpaired) electrons. The van der Waals surface area contributed by atoms with Crippen LogP contribution in [0, 0.1) is 19.8 Å². The van der Waals surface area contributed by atoms with Crippen molar-refractivity contribution in [3.8, 4) is 11.5 Å². The molecule has 8 heteroatoms. The summed E-state index contributed by atoms with van der Waals surface area (Å²) in [5.41, 5.74) is 3.80. The molecule has 2 heterocycles. The third kappa shape index (κ3) is 3.81. The molecule has 1 aromatic heterocycles. The van der Waals surface area contributed by atoms with Crippen molar-refractivity contribution in [1.29, 1.82) is 0 Å². The number of hydrogen-bond acceptors (Lipinski definition) is 6. The lowest BCUT2D eigenvalue weighted by atomic mass is 9.85. The van der Waals surface area contributed by atoms with Crippen LogP contribution in [-0.4, -0.2) is 40.9 Å². The Balaban J connectivity index is 1.77. The van der Waals surface area contributed by atoms with Crippen LogP contribution >= 0.6 is 0 Å². The number of nitrogens with one attached hydrogen (secondary N) is 2. The predicted octanol–water partition coefficient (Wildman–Crippen LogP) is 3.57. The average Bonchev–Trinajstić information content (AvgIpc) is 3.22. The lowest BCUT2D eigenvalue weighted by molar-refractivity contribution is -0.121. The number of aromatic nitrogens is 3. The number of benzene rings is 2. The van der Waals surface area contributed by atoms with Crippen LogP contribution in [0.2, 0.25) is 0 Å². The third-order valence-electron chi connectivity index (χ3n) is 5.77. The highest BCUT2D eigenvalue weighted by Gasteiger charge is 2.42. The van der Waals surface area contributed by atoms with Gasteiger partial charge in [0.2, 0.25) is 11.9 Å². The van der Waals surface area contributed by atoms with Crippen molar-refractivity contribution >= 4 is 17.5 Å². The van der Waals surface area contributed by atoms with Crippen LogP contribution in [0.3, 0.4) is 0 Å². The van der Waals surface area contributed by atoms with Gasteiger partial charge in [-0.25, -0.2) is 4.68 Å². The van der Waals surface area contributed by atoms with Gasteiger partial charge in [-0.05, 0) is 44.5 Å². The predicted molar refractivity (Wildman–Crippen MR) is 119 cm³/mol. The Labute approximate surface area is 181 Å². The number of aryl methyl sites for hydroxylation is 2. The van der Waals surface area contributed by atoms with Crippen molar-refractivity contribution in [1.82, 2.24) is 14.8 Å². The number of amides is 1. The molecule has 0 bridgehead atoms. The first-order valence-corrected chi connectivity index (χ1v) is 10.2. The molecule has 2 aromatic carbocycles. The van der Waals surface area contributed by atoms with Gasteiger partial charge < -0.3 is 20.1 Å². The smallest absolute Gasteiger partial charge is 0.232 e. The van der Waals surface area contributed by atoms with Gasteiger partial charge in [0, 0.05) is 23.4 Å². The Bertz CT molecular complexity index is 1110. The molecule has 1 aliphatic heterocycles. The van der Waals surface area contributed by atoms with E-state index in [-0.39, 0.29) is 11.9 Å². The Kier molecular flexibility index (Phi) is 5.54. The zero-order chi connectivity index (χ0) is 22.1. The van der Waals surface area contributed by atoms with Crippen LogP contribution in [0.25, 0.3) is 0 Å². The van der Waals surface area contributed by atoms with Crippen molar-refractivity contribution in [2.24, 2.45) is 5.92 Å². The quantitative estimate of drug-likeness (QED) is 0.655. The molecule has 31 heavy (non-hydrogen) atoms. The van der Waals surface area contributed by atoms with Crippen molar-refractivity contribution < 1.29 is 14.3 Å². The van der Waals surface area contributed by atoms with E-state index in [1.807, 2.05) is 51.1 Å². The minimum absolute atomic E-state index is 0.101. The van der Waals surface area contributed by atoms with Crippen LogP contribution in [0.15, 0.2) is 42.7 Å². The van der Waals surface area contributed by atoms with Crippen LogP contribution < -0.4 is 20.1 Å². The average molecular weight is 422 g/mol. The van der Waals surface area contributed by atoms with E-state index in [0.717, 1.165) is 22.4 Å². The first kappa shape index (κ1) is 20.7. The van der Waals surface area contributed by atoms with E-state index in [1.165, 1.54) is 6.33 Å². The summed E-state index contributed by atoms with van der Waals surface area (Å²) in [4.78, 5) is 17.9. The molecule has 0 spiro atoms. The van der Waals surface area contributed by atoms with Gasteiger partial charge in [0.05, 0.1) is 26.2 Å². The summed E-state index contributed by atoms with van der Waals surface area (Å²) < 4.78 is 12.7. The van der Waals surface area contributed by atoms with E-state index in [1.54, 1.807) is 18.9 Å². The van der Waals surface area contributed by atoms with Crippen LogP contribution in [0.1, 0.15) is 29.7 Å². The molecule has 1 amide bonds. The maximum absolute atomic E-state index is 13.6. The number of hydrogen-bond donors (Lipinski definition) is 2. The Morgan fingerprint density at radius 3 is 2.65 bits per heavy atom. The van der Waals surface area contributed by atoms with Gasteiger partial charge in [-0.2, -0.15) is 10.1 Å². The monoisotopic (exact) mass is 421 g/mol. The second kappa shape index (κ2) is 8.29. The van der Waals surface area contributed by atoms with Gasteiger partial charge >= 0.3 is 0 Å². The topological polar surface area (TPSA) is 90.3 Å². The number of anilines is 2. The zero-order valence-electron chi connectivity index (χ0n) is 18.3. The number of ether oxygens (including phenoxy) is 2. The largest absolute Gasteiger partial charge is 0.497 e. The number of carbonyl (C=O) groups is 1. The fourth-order valence-corrected chi connectivity index (χ4v) is 4.20. The van der Waals surface area contributed by atoms with Gasteiger partial charge in [0.1, 0.15) is 17.8 Å². The highest BCUT2D eigenvalue weighted by atomic mass is 16.5. The van der Waals surface area contributed by atoms with E-state index in [9.17, 15) is 4.79 Å². The Hall–Kier alpha value is -3.55. The molecule has 0 saturated carbocycles. The van der Waals surface area contributed by atoms with Crippen LogP contribution in [-0.2, 0) is 4.79 Å². The minimum Gasteiger partial charge on any atom is -0.497 e. The summed E-state index contributed by atoms with van der Waals surface area (Å²) in [5, 5.41) is 10.8. The van der Waals surface area contributed by atoms with E-state index in [2.05, 4.69) is 26.8 Å². The van der Waals surface area contributed by atoms with Crippen molar-refractivity contribution in [3.05, 3.63) is 59.4 Å². The highest BCUT2D eigenvalue weighted by Crippen LogP contribution is 2.41. The van der Waals surface area contributed by atoms with Gasteiger partial charge in [-0.3, -0.25) is 4.79 Å². The molecule has 8 nitrogen and oxygen atoms in total. The maximum Gasteiger partial charge on any atom is 0.232 e. The SMILES string of the molecule is COc1ccc([C@@H]2[C@H](C(=O)Nc3ccc(C)cc3C)[C@@H](C)Nc3ncnn32)c(OC)c1. The van der Waals surface area contributed by atoms with Gasteiger partial charge in [0.15, 0.2) is 0 Å². The lowest BCUT2D eigenvalue weighted by Crippen LogP contribution is -2.46. The molecule has 3 aromatic rings. The molecule has 2 N–H and O–H groups in total. The number of carbonyl (C=O) groups excluding carboxylic acids is 1. The number of nitrogens with zero attached hydrogens (tertiary/aromatic N) is 3. The molecule has 0 saturated heterocycles. The second-order valence-corrected chi connectivity index (χ2v) is 7.85. The standard InChI is InChI=1S/C23H27N5O3/c1-13-6-9-18(14(2)10-13)27-22(29)20-15(3)26-23-24-12-25-28(23)21(20)17-8-7-16(30-4)11-19(17)31-5/h6-12,15,20-21H,1-5H3,(H,27,29)(H,24,25,26)/t15-,20-,21-/m1/s1. The molecule has 3 atom stereocenters. The Morgan fingerprint density at radius 1 is 1.13 bits per heavy atom. The van der Waals surface area contributed by atoms with Crippen LogP contribution in [0.4, 0.5) is 11.6 Å².